The first-order valence-electron chi connectivity index (χ1n) is 7.93. The molecule has 1 aliphatic carbocycles. The van der Waals surface area contributed by atoms with Crippen molar-refractivity contribution in [3.05, 3.63) is 59.7 Å². The Balaban J connectivity index is 1.60. The molecule has 1 aliphatic rings. The van der Waals surface area contributed by atoms with Crippen molar-refractivity contribution in [3.63, 3.8) is 0 Å². The number of rotatable bonds is 5. The topological polar surface area (TPSA) is 17.0 Å². The van der Waals surface area contributed by atoms with E-state index in [0.717, 1.165) is 18.7 Å². The van der Waals surface area contributed by atoms with Gasteiger partial charge in [0.15, 0.2) is 0 Å². The Morgan fingerprint density at radius 2 is 1.95 bits per heavy atom. The van der Waals surface area contributed by atoms with Crippen molar-refractivity contribution in [1.82, 2.24) is 9.88 Å². The molecule has 0 bridgehead atoms. The molecule has 3 heteroatoms. The molecule has 0 spiro atoms. The lowest BCUT2D eigenvalue weighted by Crippen LogP contribution is -2.31. The van der Waals surface area contributed by atoms with Crippen LogP contribution in [0.25, 0.3) is 0 Å². The van der Waals surface area contributed by atoms with Crippen molar-refractivity contribution < 1.29 is 4.39 Å². The zero-order chi connectivity index (χ0) is 14.5. The van der Waals surface area contributed by atoms with E-state index in [-0.39, 0.29) is 5.82 Å². The molecule has 1 N–H and O–H groups in total. The fraction of sp³-hybridized carbons (Fsp3) is 0.444. The van der Waals surface area contributed by atoms with E-state index in [4.69, 9.17) is 0 Å². The van der Waals surface area contributed by atoms with Crippen molar-refractivity contribution in [2.24, 2.45) is 0 Å². The standard InChI is InChI=1S/C18H23FN2/c19-16-7-4-6-15(12-16)14-21-11-5-10-18(21)13-20-17-8-2-1-3-9-17/h4-7,10-12,17,20H,1-3,8-9,13-14H2. The second kappa shape index (κ2) is 6.90. The van der Waals surface area contributed by atoms with Crippen molar-refractivity contribution in [2.45, 2.75) is 51.2 Å². The molecule has 2 aromatic rings. The maximum absolute atomic E-state index is 13.3. The summed E-state index contributed by atoms with van der Waals surface area (Å²) in [6.07, 6.45) is 8.75. The quantitative estimate of drug-likeness (QED) is 0.875. The maximum atomic E-state index is 13.3. The predicted octanol–water partition coefficient (Wildman–Crippen LogP) is 4.10. The monoisotopic (exact) mass is 286 g/mol. The molecule has 1 saturated carbocycles. The number of hydrogen-bond acceptors (Lipinski definition) is 1. The minimum absolute atomic E-state index is 0.165. The van der Waals surface area contributed by atoms with Crippen LogP contribution in [0.4, 0.5) is 4.39 Å². The fourth-order valence-corrected chi connectivity index (χ4v) is 3.15. The highest BCUT2D eigenvalue weighted by molar-refractivity contribution is 5.18. The van der Waals surface area contributed by atoms with Crippen molar-refractivity contribution in [1.29, 1.82) is 0 Å². The van der Waals surface area contributed by atoms with E-state index in [9.17, 15) is 4.39 Å². The van der Waals surface area contributed by atoms with Gasteiger partial charge in [-0.1, -0.05) is 31.4 Å². The first kappa shape index (κ1) is 14.3. The minimum atomic E-state index is -0.165. The van der Waals surface area contributed by atoms with Crippen molar-refractivity contribution in [3.8, 4) is 0 Å². The van der Waals surface area contributed by atoms with E-state index in [1.807, 2.05) is 6.07 Å². The predicted molar refractivity (Wildman–Crippen MR) is 83.6 cm³/mol. The van der Waals surface area contributed by atoms with Crippen LogP contribution >= 0.6 is 0 Å². The Kier molecular flexibility index (Phi) is 4.71. The Morgan fingerprint density at radius 3 is 2.76 bits per heavy atom. The van der Waals surface area contributed by atoms with Gasteiger partial charge in [0, 0.05) is 31.0 Å². The fourth-order valence-electron chi connectivity index (χ4n) is 3.15. The summed E-state index contributed by atoms with van der Waals surface area (Å²) in [6, 6.07) is 11.7. The van der Waals surface area contributed by atoms with E-state index in [1.54, 1.807) is 12.1 Å². The zero-order valence-electron chi connectivity index (χ0n) is 12.4. The largest absolute Gasteiger partial charge is 0.346 e. The summed E-state index contributed by atoms with van der Waals surface area (Å²) in [7, 11) is 0. The first-order valence-corrected chi connectivity index (χ1v) is 7.93. The smallest absolute Gasteiger partial charge is 0.123 e. The third-order valence-corrected chi connectivity index (χ3v) is 4.34. The van der Waals surface area contributed by atoms with E-state index < -0.39 is 0 Å². The van der Waals surface area contributed by atoms with E-state index >= 15 is 0 Å². The van der Waals surface area contributed by atoms with Gasteiger partial charge in [0.2, 0.25) is 0 Å². The number of benzene rings is 1. The van der Waals surface area contributed by atoms with Crippen LogP contribution in [0.5, 0.6) is 0 Å². The Bertz CT molecular complexity index is 570. The van der Waals surface area contributed by atoms with Crippen LogP contribution in [-0.2, 0) is 13.1 Å². The highest BCUT2D eigenvalue weighted by atomic mass is 19.1. The van der Waals surface area contributed by atoms with Gasteiger partial charge in [-0.25, -0.2) is 4.39 Å². The average Bonchev–Trinajstić information content (AvgIpc) is 2.93. The van der Waals surface area contributed by atoms with Gasteiger partial charge in [-0.05, 0) is 42.7 Å². The first-order chi connectivity index (χ1) is 10.3. The lowest BCUT2D eigenvalue weighted by Gasteiger charge is -2.23. The number of halogens is 1. The molecule has 112 valence electrons. The number of nitrogens with zero attached hydrogens (tertiary/aromatic N) is 1. The van der Waals surface area contributed by atoms with Crippen LogP contribution in [0.15, 0.2) is 42.6 Å². The van der Waals surface area contributed by atoms with Gasteiger partial charge in [-0.15, -0.1) is 0 Å². The molecule has 21 heavy (non-hydrogen) atoms. The van der Waals surface area contributed by atoms with Crippen LogP contribution < -0.4 is 5.32 Å². The van der Waals surface area contributed by atoms with Crippen LogP contribution in [0.3, 0.4) is 0 Å². The maximum Gasteiger partial charge on any atom is 0.123 e. The molecule has 1 aromatic heterocycles. The Hall–Kier alpha value is -1.61. The van der Waals surface area contributed by atoms with Crippen LogP contribution in [0.1, 0.15) is 43.4 Å². The molecule has 0 aliphatic heterocycles. The SMILES string of the molecule is Fc1cccc(Cn2cccc2CNC2CCCCC2)c1. The summed E-state index contributed by atoms with van der Waals surface area (Å²) in [5, 5.41) is 3.67. The summed E-state index contributed by atoms with van der Waals surface area (Å²) >= 11 is 0. The number of nitrogens with one attached hydrogen (secondary N) is 1. The van der Waals surface area contributed by atoms with Gasteiger partial charge >= 0.3 is 0 Å². The minimum Gasteiger partial charge on any atom is -0.346 e. The highest BCUT2D eigenvalue weighted by Gasteiger charge is 2.13. The van der Waals surface area contributed by atoms with E-state index in [0.29, 0.717) is 6.04 Å². The lowest BCUT2D eigenvalue weighted by molar-refractivity contribution is 0.369. The van der Waals surface area contributed by atoms with Crippen LogP contribution in [0, 0.1) is 5.82 Å². The van der Waals surface area contributed by atoms with E-state index in [1.165, 1.54) is 43.9 Å². The number of aromatic nitrogens is 1. The van der Waals surface area contributed by atoms with Gasteiger partial charge in [0.1, 0.15) is 5.82 Å². The Labute approximate surface area is 126 Å². The normalized spacial score (nSPS) is 16.2. The van der Waals surface area contributed by atoms with Crippen molar-refractivity contribution in [2.75, 3.05) is 0 Å². The zero-order valence-corrected chi connectivity index (χ0v) is 12.4. The highest BCUT2D eigenvalue weighted by Crippen LogP contribution is 2.18. The van der Waals surface area contributed by atoms with Gasteiger partial charge < -0.3 is 9.88 Å². The summed E-state index contributed by atoms with van der Waals surface area (Å²) < 4.78 is 15.5. The molecule has 0 atom stereocenters. The molecular weight excluding hydrogens is 263 g/mol. The third-order valence-electron chi connectivity index (χ3n) is 4.34. The molecule has 2 nitrogen and oxygen atoms in total. The summed E-state index contributed by atoms with van der Waals surface area (Å²) in [5.41, 5.74) is 2.27. The van der Waals surface area contributed by atoms with Crippen LogP contribution in [-0.4, -0.2) is 10.6 Å². The number of hydrogen-bond donors (Lipinski definition) is 1. The second-order valence-electron chi connectivity index (χ2n) is 5.97. The summed E-state index contributed by atoms with van der Waals surface area (Å²) in [4.78, 5) is 0. The van der Waals surface area contributed by atoms with Gasteiger partial charge in [-0.2, -0.15) is 0 Å². The van der Waals surface area contributed by atoms with Gasteiger partial charge in [0.25, 0.3) is 0 Å². The third kappa shape index (κ3) is 3.94. The molecule has 0 unspecified atom stereocenters. The molecule has 0 radical (unpaired) electrons. The lowest BCUT2D eigenvalue weighted by atomic mass is 9.95. The summed E-state index contributed by atoms with van der Waals surface area (Å²) in [6.45, 7) is 1.62. The summed E-state index contributed by atoms with van der Waals surface area (Å²) in [5.74, 6) is -0.165. The molecule has 3 rings (SSSR count). The van der Waals surface area contributed by atoms with Gasteiger partial charge in [-0.3, -0.25) is 0 Å². The van der Waals surface area contributed by atoms with E-state index in [2.05, 4.69) is 28.2 Å². The van der Waals surface area contributed by atoms with Crippen LogP contribution in [0.2, 0.25) is 0 Å². The van der Waals surface area contributed by atoms with Gasteiger partial charge in [0.05, 0.1) is 0 Å². The average molecular weight is 286 g/mol. The molecule has 1 heterocycles. The Morgan fingerprint density at radius 1 is 1.10 bits per heavy atom. The molecule has 0 amide bonds. The van der Waals surface area contributed by atoms with Crippen molar-refractivity contribution >= 4 is 0 Å². The molecule has 0 saturated heterocycles. The molecule has 1 fully saturated rings. The molecular formula is C18H23FN2. The molecule has 1 aromatic carbocycles. The second-order valence-corrected chi connectivity index (χ2v) is 5.97.